The summed E-state index contributed by atoms with van der Waals surface area (Å²) in [6.07, 6.45) is 2.78. The van der Waals surface area contributed by atoms with E-state index in [9.17, 15) is 4.79 Å². The average molecular weight is 425 g/mol. The third-order valence-corrected chi connectivity index (χ3v) is 5.91. The Morgan fingerprint density at radius 1 is 0.969 bits per heavy atom. The zero-order chi connectivity index (χ0) is 22.2. The Morgan fingerprint density at radius 2 is 1.78 bits per heavy atom. The third-order valence-electron chi connectivity index (χ3n) is 5.91. The fourth-order valence-electron chi connectivity index (χ4n) is 4.12. The minimum atomic E-state index is 0.0788. The number of nitrogens with one attached hydrogen (secondary N) is 1. The zero-order valence-electron chi connectivity index (χ0n) is 18.2. The lowest BCUT2D eigenvalue weighted by molar-refractivity contribution is 0.0962. The lowest BCUT2D eigenvalue weighted by Gasteiger charge is -2.23. The van der Waals surface area contributed by atoms with E-state index in [-0.39, 0.29) is 11.7 Å². The van der Waals surface area contributed by atoms with Gasteiger partial charge in [0, 0.05) is 18.0 Å². The highest BCUT2D eigenvalue weighted by Crippen LogP contribution is 2.32. The molecule has 1 atom stereocenters. The second-order valence-corrected chi connectivity index (χ2v) is 8.13. The van der Waals surface area contributed by atoms with Gasteiger partial charge in [-0.15, -0.1) is 0 Å². The highest BCUT2D eigenvalue weighted by atomic mass is 16.5. The fraction of sp³-hybridized carbons (Fsp3) is 0.240. The summed E-state index contributed by atoms with van der Waals surface area (Å²) in [4.78, 5) is 30.8. The van der Waals surface area contributed by atoms with Crippen molar-refractivity contribution in [3.05, 3.63) is 76.7 Å². The molecule has 1 N–H and O–H groups in total. The molecule has 0 unspecified atom stereocenters. The topological polar surface area (TPSA) is 89.9 Å². The molecule has 0 saturated carbocycles. The minimum Gasteiger partial charge on any atom is -0.497 e. The summed E-state index contributed by atoms with van der Waals surface area (Å²) in [7, 11) is 1.63. The smallest absolute Gasteiger partial charge is 0.230 e. The van der Waals surface area contributed by atoms with Crippen molar-refractivity contribution in [1.82, 2.24) is 19.9 Å². The van der Waals surface area contributed by atoms with E-state index in [4.69, 9.17) is 4.74 Å². The molecule has 1 aliphatic carbocycles. The maximum Gasteiger partial charge on any atom is 0.230 e. The van der Waals surface area contributed by atoms with Gasteiger partial charge in [-0.3, -0.25) is 10.1 Å². The molecule has 2 aromatic heterocycles. The Balaban J connectivity index is 1.43. The Kier molecular flexibility index (Phi) is 5.01. The minimum absolute atomic E-state index is 0.0788. The van der Waals surface area contributed by atoms with E-state index in [1.807, 2.05) is 25.1 Å². The SMILES string of the molecule is COc1ccc2nc(Nc3ncc4c(n3)C[C@H](c3ccc(C)cc3)CC4=O)nc(C)c2c1. The van der Waals surface area contributed by atoms with Crippen LogP contribution in [0, 0.1) is 13.8 Å². The van der Waals surface area contributed by atoms with Gasteiger partial charge in [-0.1, -0.05) is 29.8 Å². The first-order valence-corrected chi connectivity index (χ1v) is 10.6. The first-order chi connectivity index (χ1) is 15.5. The molecule has 4 aromatic rings. The van der Waals surface area contributed by atoms with Crippen molar-refractivity contribution in [2.45, 2.75) is 32.6 Å². The maximum absolute atomic E-state index is 12.7. The van der Waals surface area contributed by atoms with Crippen LogP contribution in [-0.4, -0.2) is 32.8 Å². The number of hydrogen-bond acceptors (Lipinski definition) is 7. The lowest BCUT2D eigenvalue weighted by atomic mass is 9.82. The van der Waals surface area contributed by atoms with Gasteiger partial charge in [0.05, 0.1) is 29.6 Å². The van der Waals surface area contributed by atoms with Crippen molar-refractivity contribution in [3.63, 3.8) is 0 Å². The highest BCUT2D eigenvalue weighted by Gasteiger charge is 2.28. The van der Waals surface area contributed by atoms with Crippen LogP contribution in [0.1, 0.15) is 45.2 Å². The third kappa shape index (κ3) is 3.77. The number of nitrogens with zero attached hydrogens (tertiary/aromatic N) is 4. The van der Waals surface area contributed by atoms with Gasteiger partial charge < -0.3 is 4.74 Å². The molecular weight excluding hydrogens is 402 g/mol. The molecule has 5 rings (SSSR count). The molecule has 0 bridgehead atoms. The Bertz CT molecular complexity index is 1330. The van der Waals surface area contributed by atoms with Gasteiger partial charge in [0.1, 0.15) is 5.75 Å². The van der Waals surface area contributed by atoms with Crippen LogP contribution in [0.2, 0.25) is 0 Å². The Morgan fingerprint density at radius 3 is 2.56 bits per heavy atom. The number of carbonyl (C=O) groups excluding carboxylic acids is 1. The molecule has 0 aliphatic heterocycles. The molecule has 32 heavy (non-hydrogen) atoms. The van der Waals surface area contributed by atoms with Crippen LogP contribution in [0.15, 0.2) is 48.7 Å². The summed E-state index contributed by atoms with van der Waals surface area (Å²) in [5.41, 5.74) is 5.34. The number of Topliss-reactive ketones (excluding diaryl/α,β-unsaturated/α-hetero) is 1. The molecule has 2 aromatic carbocycles. The number of aryl methyl sites for hydroxylation is 2. The molecule has 0 amide bonds. The molecule has 2 heterocycles. The molecule has 160 valence electrons. The number of ether oxygens (including phenoxy) is 1. The van der Waals surface area contributed by atoms with E-state index in [1.165, 1.54) is 5.56 Å². The highest BCUT2D eigenvalue weighted by molar-refractivity contribution is 5.98. The van der Waals surface area contributed by atoms with Gasteiger partial charge in [0.2, 0.25) is 11.9 Å². The number of benzene rings is 2. The molecule has 0 fully saturated rings. The predicted molar refractivity (Wildman–Crippen MR) is 123 cm³/mol. The standard InChI is InChI=1S/C25H23N5O2/c1-14-4-6-16(7-5-14)17-10-22-20(23(31)11-17)13-26-24(29-22)30-25-27-15(2)19-12-18(32-3)8-9-21(19)28-25/h4-9,12-13,17H,10-11H2,1-3H3,(H,26,27,28,29,30)/t17-/m0/s1. The fourth-order valence-corrected chi connectivity index (χ4v) is 4.12. The van der Waals surface area contributed by atoms with E-state index in [0.717, 1.165) is 33.6 Å². The number of aromatic nitrogens is 4. The molecule has 0 radical (unpaired) electrons. The number of ketones is 1. The lowest BCUT2D eigenvalue weighted by Crippen LogP contribution is -2.21. The van der Waals surface area contributed by atoms with Crippen LogP contribution in [0.25, 0.3) is 10.9 Å². The largest absolute Gasteiger partial charge is 0.497 e. The Labute approximate surface area is 185 Å². The molecular formula is C25H23N5O2. The van der Waals surface area contributed by atoms with Crippen molar-refractivity contribution in [2.24, 2.45) is 0 Å². The van der Waals surface area contributed by atoms with Gasteiger partial charge in [-0.25, -0.2) is 19.9 Å². The average Bonchev–Trinajstić information content (AvgIpc) is 2.79. The monoisotopic (exact) mass is 425 g/mol. The number of rotatable bonds is 4. The van der Waals surface area contributed by atoms with Gasteiger partial charge in [-0.2, -0.15) is 0 Å². The number of hydrogen-bond donors (Lipinski definition) is 1. The Hall–Kier alpha value is -3.87. The first-order valence-electron chi connectivity index (χ1n) is 10.6. The second-order valence-electron chi connectivity index (χ2n) is 8.13. The molecule has 0 saturated heterocycles. The van der Waals surface area contributed by atoms with Gasteiger partial charge >= 0.3 is 0 Å². The number of methoxy groups -OCH3 is 1. The predicted octanol–water partition coefficient (Wildman–Crippen LogP) is 4.70. The summed E-state index contributed by atoms with van der Waals surface area (Å²) >= 11 is 0. The van der Waals surface area contributed by atoms with E-state index in [0.29, 0.717) is 30.3 Å². The molecule has 0 spiro atoms. The second kappa shape index (κ2) is 8.00. The summed E-state index contributed by atoms with van der Waals surface area (Å²) in [6, 6.07) is 14.0. The summed E-state index contributed by atoms with van der Waals surface area (Å²) in [6.45, 7) is 3.98. The summed E-state index contributed by atoms with van der Waals surface area (Å²) < 4.78 is 5.29. The molecule has 7 nitrogen and oxygen atoms in total. The first kappa shape index (κ1) is 20.1. The summed E-state index contributed by atoms with van der Waals surface area (Å²) in [5.74, 6) is 1.75. The van der Waals surface area contributed by atoms with Gasteiger partial charge in [-0.05, 0) is 49.9 Å². The zero-order valence-corrected chi connectivity index (χ0v) is 18.2. The van der Waals surface area contributed by atoms with Crippen LogP contribution in [-0.2, 0) is 6.42 Å². The van der Waals surface area contributed by atoms with Crippen LogP contribution in [0.3, 0.4) is 0 Å². The maximum atomic E-state index is 12.7. The van der Waals surface area contributed by atoms with Gasteiger partial charge in [0.25, 0.3) is 0 Å². The van der Waals surface area contributed by atoms with Crippen molar-refractivity contribution in [2.75, 3.05) is 12.4 Å². The van der Waals surface area contributed by atoms with Crippen molar-refractivity contribution >= 4 is 28.6 Å². The number of anilines is 2. The molecule has 1 aliphatic rings. The van der Waals surface area contributed by atoms with Gasteiger partial charge in [0.15, 0.2) is 5.78 Å². The van der Waals surface area contributed by atoms with Crippen molar-refractivity contribution in [3.8, 4) is 5.75 Å². The van der Waals surface area contributed by atoms with E-state index in [2.05, 4.69) is 56.4 Å². The van der Waals surface area contributed by atoms with Crippen molar-refractivity contribution < 1.29 is 9.53 Å². The van der Waals surface area contributed by atoms with Crippen LogP contribution in [0.4, 0.5) is 11.9 Å². The number of carbonyl (C=O) groups is 1. The normalized spacial score (nSPS) is 15.5. The van der Waals surface area contributed by atoms with E-state index >= 15 is 0 Å². The quantitative estimate of drug-likeness (QED) is 0.507. The van der Waals surface area contributed by atoms with Crippen molar-refractivity contribution in [1.29, 1.82) is 0 Å². The van der Waals surface area contributed by atoms with Crippen LogP contribution in [0.5, 0.6) is 5.75 Å². The molecule has 7 heteroatoms. The number of fused-ring (bicyclic) bond motifs is 2. The van der Waals surface area contributed by atoms with Crippen LogP contribution < -0.4 is 10.1 Å². The summed E-state index contributed by atoms with van der Waals surface area (Å²) in [5, 5.41) is 4.03. The van der Waals surface area contributed by atoms with E-state index < -0.39 is 0 Å². The van der Waals surface area contributed by atoms with E-state index in [1.54, 1.807) is 13.3 Å². The van der Waals surface area contributed by atoms with Crippen LogP contribution >= 0.6 is 0 Å².